The molecule has 150 valence electrons. The molecule has 1 aliphatic rings. The van der Waals surface area contributed by atoms with E-state index in [2.05, 4.69) is 20.4 Å². The van der Waals surface area contributed by atoms with E-state index in [4.69, 9.17) is 16.3 Å². The van der Waals surface area contributed by atoms with E-state index in [1.165, 1.54) is 0 Å². The maximum Gasteiger partial charge on any atom is 0.238 e. The monoisotopic (exact) mass is 396 g/mol. The summed E-state index contributed by atoms with van der Waals surface area (Å²) >= 11 is 5.99. The summed E-state index contributed by atoms with van der Waals surface area (Å²) in [4.78, 5) is 28.5. The minimum atomic E-state index is -0.112. The van der Waals surface area contributed by atoms with Gasteiger partial charge in [0.05, 0.1) is 25.9 Å². The van der Waals surface area contributed by atoms with Crippen LogP contribution in [0.25, 0.3) is 0 Å². The molecule has 8 heteroatoms. The fourth-order valence-electron chi connectivity index (χ4n) is 2.90. The highest BCUT2D eigenvalue weighted by Gasteiger charge is 2.21. The van der Waals surface area contributed by atoms with E-state index in [0.29, 0.717) is 29.5 Å². The van der Waals surface area contributed by atoms with Crippen LogP contribution in [0.1, 0.15) is 20.3 Å². The van der Waals surface area contributed by atoms with Crippen molar-refractivity contribution in [2.75, 3.05) is 51.7 Å². The number of ether oxygens (including phenoxy) is 1. The number of carbonyl (C=O) groups excluding carboxylic acids is 2. The fourth-order valence-corrected chi connectivity index (χ4v) is 3.07. The summed E-state index contributed by atoms with van der Waals surface area (Å²) in [5.74, 6) is 0.520. The molecule has 0 aliphatic carbocycles. The zero-order valence-electron chi connectivity index (χ0n) is 16.3. The van der Waals surface area contributed by atoms with Crippen molar-refractivity contribution in [3.63, 3.8) is 0 Å². The van der Waals surface area contributed by atoms with Crippen LogP contribution in [0.5, 0.6) is 5.75 Å². The Morgan fingerprint density at radius 1 is 1.15 bits per heavy atom. The molecule has 1 aliphatic heterocycles. The number of benzene rings is 1. The molecule has 2 N–H and O–H groups in total. The van der Waals surface area contributed by atoms with Gasteiger partial charge in [0.25, 0.3) is 0 Å². The molecular weight excluding hydrogens is 368 g/mol. The number of hydrogen-bond acceptors (Lipinski definition) is 5. The molecular formula is C19H29ClN4O3. The number of carbonyl (C=O) groups is 2. The highest BCUT2D eigenvalue weighted by Crippen LogP contribution is 2.27. The van der Waals surface area contributed by atoms with Crippen LogP contribution in [0.15, 0.2) is 18.2 Å². The van der Waals surface area contributed by atoms with Crippen LogP contribution < -0.4 is 15.4 Å². The van der Waals surface area contributed by atoms with Gasteiger partial charge in [0.1, 0.15) is 5.75 Å². The van der Waals surface area contributed by atoms with Gasteiger partial charge in [-0.25, -0.2) is 0 Å². The van der Waals surface area contributed by atoms with Gasteiger partial charge in [-0.15, -0.1) is 0 Å². The normalized spacial score (nSPS) is 16.6. The first-order valence-electron chi connectivity index (χ1n) is 9.28. The Balaban J connectivity index is 1.76. The standard InChI is InChI=1S/C19H29ClN4O3/c1-4-14(2)21-18(25)12-23-7-9-24(10-8-23)13-19(26)22-16-11-15(20)5-6-17(16)27-3/h5-6,11,14H,4,7-10,12-13H2,1-3H3,(H,21,25)(H,22,26)/t14-/m0/s1. The number of rotatable bonds is 8. The molecule has 1 atom stereocenters. The highest BCUT2D eigenvalue weighted by molar-refractivity contribution is 6.31. The number of nitrogens with one attached hydrogen (secondary N) is 2. The van der Waals surface area contributed by atoms with Crippen LogP contribution in [-0.4, -0.2) is 74.0 Å². The summed E-state index contributed by atoms with van der Waals surface area (Å²) in [6.07, 6.45) is 0.923. The molecule has 2 amide bonds. The molecule has 1 heterocycles. The number of nitrogens with zero attached hydrogens (tertiary/aromatic N) is 2. The van der Waals surface area contributed by atoms with Gasteiger partial charge in [0.15, 0.2) is 0 Å². The van der Waals surface area contributed by atoms with Crippen molar-refractivity contribution >= 4 is 29.1 Å². The third-order valence-electron chi connectivity index (χ3n) is 4.65. The number of amides is 2. The van der Waals surface area contributed by atoms with Gasteiger partial charge in [0, 0.05) is 37.2 Å². The van der Waals surface area contributed by atoms with Crippen LogP contribution in [0, 0.1) is 0 Å². The SMILES string of the molecule is CC[C@H](C)NC(=O)CN1CCN(CC(=O)Nc2cc(Cl)ccc2OC)CC1. The minimum Gasteiger partial charge on any atom is -0.495 e. The first kappa shape index (κ1) is 21.5. The van der Waals surface area contributed by atoms with Crippen molar-refractivity contribution in [2.24, 2.45) is 0 Å². The van der Waals surface area contributed by atoms with Crippen LogP contribution >= 0.6 is 11.6 Å². The van der Waals surface area contributed by atoms with Crippen molar-refractivity contribution in [1.29, 1.82) is 0 Å². The molecule has 1 saturated heterocycles. The summed E-state index contributed by atoms with van der Waals surface area (Å²) in [6.45, 7) is 7.78. The molecule has 0 saturated carbocycles. The predicted molar refractivity (Wildman–Crippen MR) is 107 cm³/mol. The van der Waals surface area contributed by atoms with E-state index in [1.54, 1.807) is 25.3 Å². The molecule has 1 aromatic rings. The number of anilines is 1. The quantitative estimate of drug-likeness (QED) is 0.701. The summed E-state index contributed by atoms with van der Waals surface area (Å²) in [6, 6.07) is 5.31. The summed E-state index contributed by atoms with van der Waals surface area (Å²) in [7, 11) is 1.55. The number of halogens is 1. The number of piperazine rings is 1. The second kappa shape index (κ2) is 10.5. The van der Waals surface area contributed by atoms with Crippen molar-refractivity contribution in [3.8, 4) is 5.75 Å². The topological polar surface area (TPSA) is 73.9 Å². The maximum absolute atomic E-state index is 12.3. The van der Waals surface area contributed by atoms with Crippen molar-refractivity contribution < 1.29 is 14.3 Å². The Morgan fingerprint density at radius 3 is 2.30 bits per heavy atom. The van der Waals surface area contributed by atoms with Crippen molar-refractivity contribution in [3.05, 3.63) is 23.2 Å². The molecule has 2 rings (SSSR count). The lowest BCUT2D eigenvalue weighted by atomic mass is 10.2. The van der Waals surface area contributed by atoms with E-state index in [-0.39, 0.29) is 17.9 Å². The van der Waals surface area contributed by atoms with E-state index in [0.717, 1.165) is 32.6 Å². The average molecular weight is 397 g/mol. The smallest absolute Gasteiger partial charge is 0.238 e. The van der Waals surface area contributed by atoms with Gasteiger partial charge in [-0.3, -0.25) is 19.4 Å². The van der Waals surface area contributed by atoms with Crippen LogP contribution in [0.2, 0.25) is 5.02 Å². The molecule has 0 spiro atoms. The van der Waals surface area contributed by atoms with E-state index in [9.17, 15) is 9.59 Å². The molecule has 0 unspecified atom stereocenters. The number of hydrogen-bond donors (Lipinski definition) is 2. The molecule has 7 nitrogen and oxygen atoms in total. The predicted octanol–water partition coefficient (Wildman–Crippen LogP) is 1.82. The minimum absolute atomic E-state index is 0.0589. The van der Waals surface area contributed by atoms with Crippen LogP contribution in [0.3, 0.4) is 0 Å². The van der Waals surface area contributed by atoms with Gasteiger partial charge in [-0.2, -0.15) is 0 Å². The van der Waals surface area contributed by atoms with Crippen molar-refractivity contribution in [2.45, 2.75) is 26.3 Å². The largest absolute Gasteiger partial charge is 0.495 e. The summed E-state index contributed by atoms with van der Waals surface area (Å²) in [5, 5.41) is 6.37. The van der Waals surface area contributed by atoms with Crippen molar-refractivity contribution in [1.82, 2.24) is 15.1 Å². The second-order valence-electron chi connectivity index (χ2n) is 6.82. The second-order valence-corrected chi connectivity index (χ2v) is 7.26. The van der Waals surface area contributed by atoms with Gasteiger partial charge < -0.3 is 15.4 Å². The van der Waals surface area contributed by atoms with Gasteiger partial charge in [-0.05, 0) is 31.5 Å². The molecule has 27 heavy (non-hydrogen) atoms. The zero-order valence-corrected chi connectivity index (χ0v) is 17.0. The first-order valence-corrected chi connectivity index (χ1v) is 9.66. The Morgan fingerprint density at radius 2 is 1.74 bits per heavy atom. The fraction of sp³-hybridized carbons (Fsp3) is 0.579. The van der Waals surface area contributed by atoms with E-state index < -0.39 is 0 Å². The third kappa shape index (κ3) is 7.01. The summed E-state index contributed by atoms with van der Waals surface area (Å²) < 4.78 is 5.25. The Bertz CT molecular complexity index is 648. The number of methoxy groups -OCH3 is 1. The van der Waals surface area contributed by atoms with Crippen LogP contribution in [0.4, 0.5) is 5.69 Å². The highest BCUT2D eigenvalue weighted by atomic mass is 35.5. The molecule has 0 aromatic heterocycles. The molecule has 1 fully saturated rings. The maximum atomic E-state index is 12.3. The first-order chi connectivity index (χ1) is 12.9. The van der Waals surface area contributed by atoms with Gasteiger partial charge in [-0.1, -0.05) is 18.5 Å². The van der Waals surface area contributed by atoms with Crippen LogP contribution in [-0.2, 0) is 9.59 Å². The third-order valence-corrected chi connectivity index (χ3v) is 4.89. The Labute approximate surface area is 166 Å². The Kier molecular flexibility index (Phi) is 8.34. The molecule has 0 radical (unpaired) electrons. The van der Waals surface area contributed by atoms with E-state index in [1.807, 2.05) is 13.8 Å². The Hall–Kier alpha value is -1.83. The zero-order chi connectivity index (χ0) is 19.8. The lowest BCUT2D eigenvalue weighted by Crippen LogP contribution is -2.51. The summed E-state index contributed by atoms with van der Waals surface area (Å²) in [5.41, 5.74) is 0.565. The average Bonchev–Trinajstić information content (AvgIpc) is 2.63. The molecule has 1 aromatic carbocycles. The lowest BCUT2D eigenvalue weighted by molar-refractivity contribution is -0.124. The van der Waals surface area contributed by atoms with Gasteiger partial charge in [0.2, 0.25) is 11.8 Å². The van der Waals surface area contributed by atoms with Gasteiger partial charge >= 0.3 is 0 Å². The lowest BCUT2D eigenvalue weighted by Gasteiger charge is -2.34. The van der Waals surface area contributed by atoms with E-state index >= 15 is 0 Å². The molecule has 0 bridgehead atoms.